The average molecular weight is 448 g/mol. The van der Waals surface area contributed by atoms with Crippen molar-refractivity contribution in [3.63, 3.8) is 0 Å². The van der Waals surface area contributed by atoms with Gasteiger partial charge in [-0.2, -0.15) is 5.10 Å². The summed E-state index contributed by atoms with van der Waals surface area (Å²) in [5.41, 5.74) is 5.09. The number of halogens is 1. The fourth-order valence-electron chi connectivity index (χ4n) is 2.34. The third-order valence-electron chi connectivity index (χ3n) is 3.78. The molecule has 0 bridgehead atoms. The molecular weight excluding hydrogens is 430 g/mol. The molecule has 0 aliphatic heterocycles. The van der Waals surface area contributed by atoms with Gasteiger partial charge >= 0.3 is 0 Å². The van der Waals surface area contributed by atoms with Crippen molar-refractivity contribution in [3.8, 4) is 22.8 Å². The third-order valence-corrected chi connectivity index (χ3v) is 6.06. The second-order valence-corrected chi connectivity index (χ2v) is 8.21. The first-order valence-electron chi connectivity index (χ1n) is 8.47. The van der Waals surface area contributed by atoms with E-state index in [0.717, 1.165) is 21.2 Å². The number of carbonyl (C=O) groups excluding carboxylic acids is 1. The Morgan fingerprint density at radius 3 is 2.76 bits per heavy atom. The van der Waals surface area contributed by atoms with Crippen molar-refractivity contribution in [1.82, 2.24) is 10.4 Å². The zero-order chi connectivity index (χ0) is 20.6. The predicted octanol–water partition coefficient (Wildman–Crippen LogP) is 4.72. The standard InChI is InChI=1S/C20H18ClN3O3S2/c1-26-16-8-5-14(18(9-16)27-2)10-22-24-19(25)12-29-20-23-17(11-28-20)13-3-6-15(21)7-4-13/h3-11H,12H2,1-2H3,(H,24,25)/b22-10+. The van der Waals surface area contributed by atoms with Crippen LogP contribution in [0, 0.1) is 0 Å². The average Bonchev–Trinajstić information content (AvgIpc) is 3.22. The molecule has 1 aromatic heterocycles. The van der Waals surface area contributed by atoms with Gasteiger partial charge in [0.25, 0.3) is 5.91 Å². The Kier molecular flexibility index (Phi) is 7.51. The number of thiazole rings is 1. The van der Waals surface area contributed by atoms with Gasteiger partial charge < -0.3 is 9.47 Å². The minimum absolute atomic E-state index is 0.213. The molecule has 1 N–H and O–H groups in total. The van der Waals surface area contributed by atoms with E-state index >= 15 is 0 Å². The summed E-state index contributed by atoms with van der Waals surface area (Å²) in [4.78, 5) is 16.6. The molecule has 0 atom stereocenters. The Hall–Kier alpha value is -2.55. The van der Waals surface area contributed by atoms with Gasteiger partial charge in [0.1, 0.15) is 11.5 Å². The van der Waals surface area contributed by atoms with Gasteiger partial charge in [-0.3, -0.25) is 4.79 Å². The molecular formula is C20H18ClN3O3S2. The molecule has 9 heteroatoms. The van der Waals surface area contributed by atoms with Gasteiger partial charge in [-0.25, -0.2) is 10.4 Å². The summed E-state index contributed by atoms with van der Waals surface area (Å²) >= 11 is 8.76. The molecule has 0 saturated carbocycles. The summed E-state index contributed by atoms with van der Waals surface area (Å²) in [5.74, 6) is 1.28. The minimum atomic E-state index is -0.220. The van der Waals surface area contributed by atoms with Gasteiger partial charge in [-0.1, -0.05) is 35.5 Å². The first-order valence-corrected chi connectivity index (χ1v) is 10.7. The quantitative estimate of drug-likeness (QED) is 0.307. The lowest BCUT2D eigenvalue weighted by Gasteiger charge is -2.06. The number of amides is 1. The minimum Gasteiger partial charge on any atom is -0.497 e. The Morgan fingerprint density at radius 1 is 1.24 bits per heavy atom. The van der Waals surface area contributed by atoms with Crippen LogP contribution >= 0.6 is 34.7 Å². The maximum absolute atomic E-state index is 12.0. The number of thioether (sulfide) groups is 1. The molecule has 2 aromatic carbocycles. The number of rotatable bonds is 8. The van der Waals surface area contributed by atoms with E-state index < -0.39 is 0 Å². The fraction of sp³-hybridized carbons (Fsp3) is 0.150. The molecule has 1 amide bonds. The molecule has 0 saturated heterocycles. The number of ether oxygens (including phenoxy) is 2. The van der Waals surface area contributed by atoms with Gasteiger partial charge in [0, 0.05) is 27.6 Å². The molecule has 29 heavy (non-hydrogen) atoms. The first-order chi connectivity index (χ1) is 14.1. The van der Waals surface area contributed by atoms with Crippen LogP contribution in [0.4, 0.5) is 0 Å². The van der Waals surface area contributed by atoms with E-state index in [9.17, 15) is 4.79 Å². The van der Waals surface area contributed by atoms with Crippen LogP contribution in [0.3, 0.4) is 0 Å². The second kappa shape index (κ2) is 10.3. The molecule has 3 rings (SSSR count). The SMILES string of the molecule is COc1ccc(/C=N/NC(=O)CSc2nc(-c3ccc(Cl)cc3)cs2)c(OC)c1. The van der Waals surface area contributed by atoms with Crippen molar-refractivity contribution < 1.29 is 14.3 Å². The Balaban J connectivity index is 1.52. The van der Waals surface area contributed by atoms with Crippen molar-refractivity contribution in [1.29, 1.82) is 0 Å². The number of carbonyl (C=O) groups is 1. The van der Waals surface area contributed by atoms with Crippen LogP contribution in [-0.2, 0) is 4.79 Å². The zero-order valence-corrected chi connectivity index (χ0v) is 18.1. The smallest absolute Gasteiger partial charge is 0.250 e. The molecule has 6 nitrogen and oxygen atoms in total. The summed E-state index contributed by atoms with van der Waals surface area (Å²) in [6.45, 7) is 0. The Labute approximate surface area is 181 Å². The molecule has 0 unspecified atom stereocenters. The topological polar surface area (TPSA) is 72.8 Å². The highest BCUT2D eigenvalue weighted by Gasteiger charge is 2.08. The summed E-state index contributed by atoms with van der Waals surface area (Å²) in [6, 6.07) is 12.8. The normalized spacial score (nSPS) is 10.9. The molecule has 150 valence electrons. The third kappa shape index (κ3) is 5.96. The van der Waals surface area contributed by atoms with E-state index in [1.807, 2.05) is 29.6 Å². The number of hydrazone groups is 1. The number of benzene rings is 2. The summed E-state index contributed by atoms with van der Waals surface area (Å²) in [7, 11) is 3.15. The van der Waals surface area contributed by atoms with Gasteiger partial charge in [-0.05, 0) is 24.3 Å². The van der Waals surface area contributed by atoms with E-state index in [2.05, 4.69) is 15.5 Å². The molecule has 1 heterocycles. The van der Waals surface area contributed by atoms with Crippen molar-refractivity contribution in [3.05, 3.63) is 58.4 Å². The molecule has 0 aliphatic rings. The number of methoxy groups -OCH3 is 2. The Morgan fingerprint density at radius 2 is 2.03 bits per heavy atom. The highest BCUT2D eigenvalue weighted by atomic mass is 35.5. The Bertz CT molecular complexity index is 1010. The highest BCUT2D eigenvalue weighted by molar-refractivity contribution is 8.01. The van der Waals surface area contributed by atoms with E-state index in [4.69, 9.17) is 21.1 Å². The van der Waals surface area contributed by atoms with E-state index in [-0.39, 0.29) is 11.7 Å². The van der Waals surface area contributed by atoms with Crippen molar-refractivity contribution >= 4 is 46.8 Å². The maximum atomic E-state index is 12.0. The maximum Gasteiger partial charge on any atom is 0.250 e. The van der Waals surface area contributed by atoms with E-state index in [1.54, 1.807) is 32.4 Å². The van der Waals surface area contributed by atoms with Gasteiger partial charge in [0.2, 0.25) is 0 Å². The number of aromatic nitrogens is 1. The molecule has 0 radical (unpaired) electrons. The van der Waals surface area contributed by atoms with Gasteiger partial charge in [0.05, 0.1) is 31.9 Å². The summed E-state index contributed by atoms with van der Waals surface area (Å²) in [5, 5.41) is 6.63. The number of nitrogens with one attached hydrogen (secondary N) is 1. The van der Waals surface area contributed by atoms with Crippen molar-refractivity contribution in [2.75, 3.05) is 20.0 Å². The van der Waals surface area contributed by atoms with E-state index in [1.165, 1.54) is 29.3 Å². The lowest BCUT2D eigenvalue weighted by atomic mass is 10.2. The number of hydrogen-bond donors (Lipinski definition) is 1. The van der Waals surface area contributed by atoms with Crippen LogP contribution in [0.25, 0.3) is 11.3 Å². The van der Waals surface area contributed by atoms with Gasteiger partial charge in [0.15, 0.2) is 4.34 Å². The fourth-order valence-corrected chi connectivity index (χ4v) is 4.09. The van der Waals surface area contributed by atoms with Crippen LogP contribution < -0.4 is 14.9 Å². The van der Waals surface area contributed by atoms with Crippen LogP contribution in [0.15, 0.2) is 57.3 Å². The number of hydrogen-bond acceptors (Lipinski definition) is 7. The molecule has 0 aliphatic carbocycles. The largest absolute Gasteiger partial charge is 0.497 e. The molecule has 0 spiro atoms. The lowest BCUT2D eigenvalue weighted by Crippen LogP contribution is -2.19. The molecule has 0 fully saturated rings. The summed E-state index contributed by atoms with van der Waals surface area (Å²) < 4.78 is 11.3. The first kappa shape index (κ1) is 21.2. The van der Waals surface area contributed by atoms with Crippen LogP contribution in [0.2, 0.25) is 5.02 Å². The van der Waals surface area contributed by atoms with Crippen LogP contribution in [0.5, 0.6) is 11.5 Å². The van der Waals surface area contributed by atoms with E-state index in [0.29, 0.717) is 16.5 Å². The van der Waals surface area contributed by atoms with Crippen LogP contribution in [-0.4, -0.2) is 37.1 Å². The molecule has 3 aromatic rings. The predicted molar refractivity (Wildman–Crippen MR) is 119 cm³/mol. The zero-order valence-electron chi connectivity index (χ0n) is 15.7. The summed E-state index contributed by atoms with van der Waals surface area (Å²) in [6.07, 6.45) is 1.53. The number of nitrogens with zero attached hydrogens (tertiary/aromatic N) is 2. The lowest BCUT2D eigenvalue weighted by molar-refractivity contribution is -0.118. The van der Waals surface area contributed by atoms with Crippen molar-refractivity contribution in [2.24, 2.45) is 5.10 Å². The second-order valence-electron chi connectivity index (χ2n) is 5.70. The van der Waals surface area contributed by atoms with Crippen LogP contribution in [0.1, 0.15) is 5.56 Å². The monoisotopic (exact) mass is 447 g/mol. The highest BCUT2D eigenvalue weighted by Crippen LogP contribution is 2.29. The van der Waals surface area contributed by atoms with Crippen molar-refractivity contribution in [2.45, 2.75) is 4.34 Å². The van der Waals surface area contributed by atoms with Gasteiger partial charge in [-0.15, -0.1) is 11.3 Å².